The molecule has 0 aromatic carbocycles. The predicted molar refractivity (Wildman–Crippen MR) is 56.3 cm³/mol. The molecule has 1 aliphatic rings. The summed E-state index contributed by atoms with van der Waals surface area (Å²) in [4.78, 5) is 0. The second kappa shape index (κ2) is 3.31. The number of aliphatic hydroxyl groups is 1. The summed E-state index contributed by atoms with van der Waals surface area (Å²) < 4.78 is 0. The third-order valence-corrected chi connectivity index (χ3v) is 3.75. The second-order valence-electron chi connectivity index (χ2n) is 3.94. The van der Waals surface area contributed by atoms with Crippen molar-refractivity contribution in [2.24, 2.45) is 5.41 Å². The molecule has 0 radical (unpaired) electrons. The van der Waals surface area contributed by atoms with Gasteiger partial charge in [-0.25, -0.2) is 0 Å². The fraction of sp³-hybridized carbons (Fsp3) is 0.600. The molecule has 0 unspecified atom stereocenters. The van der Waals surface area contributed by atoms with Gasteiger partial charge in [-0.05, 0) is 36.8 Å². The molecule has 1 aromatic rings. The van der Waals surface area contributed by atoms with Crippen molar-refractivity contribution < 1.29 is 5.11 Å². The third kappa shape index (κ3) is 1.86. The molecule has 0 saturated heterocycles. The number of aryl methyl sites for hydroxylation is 1. The topological polar surface area (TPSA) is 32.3 Å². The maximum atomic E-state index is 9.12. The van der Waals surface area contributed by atoms with Gasteiger partial charge in [-0.1, -0.05) is 0 Å². The molecule has 2 N–H and O–H groups in total. The lowest BCUT2D eigenvalue weighted by molar-refractivity contribution is 0.220. The molecule has 0 aliphatic heterocycles. The van der Waals surface area contributed by atoms with Crippen LogP contribution in [0.4, 0.5) is 5.00 Å². The van der Waals surface area contributed by atoms with Crippen molar-refractivity contribution in [2.75, 3.05) is 18.5 Å². The molecule has 0 amide bonds. The molecule has 2 rings (SSSR count). The summed E-state index contributed by atoms with van der Waals surface area (Å²) in [6, 6.07) is 2.12. The van der Waals surface area contributed by atoms with Crippen LogP contribution in [-0.2, 0) is 0 Å². The van der Waals surface area contributed by atoms with Crippen LogP contribution in [0, 0.1) is 12.3 Å². The van der Waals surface area contributed by atoms with Crippen LogP contribution in [-0.4, -0.2) is 18.3 Å². The Morgan fingerprint density at radius 2 is 2.38 bits per heavy atom. The van der Waals surface area contributed by atoms with Crippen LogP contribution >= 0.6 is 11.3 Å². The SMILES string of the molecule is Cc1ccsc1NCC1(CO)CC1. The minimum Gasteiger partial charge on any atom is -0.396 e. The normalized spacial score (nSPS) is 18.6. The van der Waals surface area contributed by atoms with Gasteiger partial charge in [0, 0.05) is 12.0 Å². The van der Waals surface area contributed by atoms with Crippen molar-refractivity contribution in [1.82, 2.24) is 0 Å². The van der Waals surface area contributed by atoms with Crippen molar-refractivity contribution in [3.63, 3.8) is 0 Å². The number of nitrogens with one attached hydrogen (secondary N) is 1. The van der Waals surface area contributed by atoms with Gasteiger partial charge in [-0.3, -0.25) is 0 Å². The minimum atomic E-state index is 0.205. The molecule has 0 atom stereocenters. The van der Waals surface area contributed by atoms with E-state index < -0.39 is 0 Å². The highest BCUT2D eigenvalue weighted by Gasteiger charge is 2.41. The molecule has 1 aliphatic carbocycles. The Balaban J connectivity index is 1.90. The van der Waals surface area contributed by atoms with Crippen LogP contribution in [0.25, 0.3) is 0 Å². The first kappa shape index (κ1) is 9.03. The Bertz CT molecular complexity index is 291. The van der Waals surface area contributed by atoms with E-state index in [4.69, 9.17) is 5.11 Å². The van der Waals surface area contributed by atoms with Gasteiger partial charge >= 0.3 is 0 Å². The quantitative estimate of drug-likeness (QED) is 0.776. The smallest absolute Gasteiger partial charge is 0.0912 e. The maximum absolute atomic E-state index is 9.12. The molecule has 3 heteroatoms. The summed E-state index contributed by atoms with van der Waals surface area (Å²) in [6.45, 7) is 3.35. The lowest BCUT2D eigenvalue weighted by atomic mass is 10.1. The molecule has 0 bridgehead atoms. The van der Waals surface area contributed by atoms with Crippen molar-refractivity contribution in [3.8, 4) is 0 Å². The first-order valence-corrected chi connectivity index (χ1v) is 5.53. The molecule has 1 fully saturated rings. The van der Waals surface area contributed by atoms with Gasteiger partial charge in [0.25, 0.3) is 0 Å². The monoisotopic (exact) mass is 197 g/mol. The van der Waals surface area contributed by atoms with Crippen LogP contribution in [0.3, 0.4) is 0 Å². The number of aliphatic hydroxyl groups excluding tert-OH is 1. The van der Waals surface area contributed by atoms with Crippen molar-refractivity contribution in [3.05, 3.63) is 17.0 Å². The van der Waals surface area contributed by atoms with E-state index in [2.05, 4.69) is 23.7 Å². The Kier molecular flexibility index (Phi) is 2.30. The van der Waals surface area contributed by atoms with E-state index >= 15 is 0 Å². The predicted octanol–water partition coefficient (Wildman–Crippen LogP) is 2.24. The summed E-state index contributed by atoms with van der Waals surface area (Å²) in [5.74, 6) is 0. The minimum absolute atomic E-state index is 0.205. The van der Waals surface area contributed by atoms with Gasteiger partial charge in [-0.2, -0.15) is 0 Å². The summed E-state index contributed by atoms with van der Waals surface area (Å²) in [6.07, 6.45) is 2.34. The zero-order valence-electron chi connectivity index (χ0n) is 7.84. The zero-order valence-corrected chi connectivity index (χ0v) is 8.66. The summed E-state index contributed by atoms with van der Waals surface area (Å²) >= 11 is 1.74. The largest absolute Gasteiger partial charge is 0.396 e. The zero-order chi connectivity index (χ0) is 9.31. The molecular weight excluding hydrogens is 182 g/mol. The van der Waals surface area contributed by atoms with Gasteiger partial charge in [0.05, 0.1) is 11.6 Å². The molecule has 1 heterocycles. The maximum Gasteiger partial charge on any atom is 0.0912 e. The Morgan fingerprint density at radius 1 is 1.62 bits per heavy atom. The number of rotatable bonds is 4. The average Bonchev–Trinajstić information content (AvgIpc) is 2.82. The van der Waals surface area contributed by atoms with Crippen molar-refractivity contribution in [2.45, 2.75) is 19.8 Å². The lowest BCUT2D eigenvalue weighted by Gasteiger charge is -2.12. The highest BCUT2D eigenvalue weighted by molar-refractivity contribution is 7.14. The second-order valence-corrected chi connectivity index (χ2v) is 4.86. The standard InChI is InChI=1S/C10H15NOS/c1-8-2-5-13-9(8)11-6-10(7-12)3-4-10/h2,5,11-12H,3-4,6-7H2,1H3. The highest BCUT2D eigenvalue weighted by Crippen LogP contribution is 2.45. The fourth-order valence-electron chi connectivity index (χ4n) is 1.39. The van der Waals surface area contributed by atoms with Crippen molar-refractivity contribution >= 4 is 16.3 Å². The molecule has 1 aromatic heterocycles. The van der Waals surface area contributed by atoms with Gasteiger partial charge in [0.15, 0.2) is 0 Å². The van der Waals surface area contributed by atoms with Gasteiger partial charge in [0.2, 0.25) is 0 Å². The van der Waals surface area contributed by atoms with Crippen LogP contribution in [0.5, 0.6) is 0 Å². The molecule has 13 heavy (non-hydrogen) atoms. The van der Waals surface area contributed by atoms with Crippen LogP contribution < -0.4 is 5.32 Å². The van der Waals surface area contributed by atoms with E-state index in [1.165, 1.54) is 23.4 Å². The van der Waals surface area contributed by atoms with E-state index in [0.29, 0.717) is 6.61 Å². The van der Waals surface area contributed by atoms with E-state index in [1.807, 2.05) is 0 Å². The number of hydrogen-bond donors (Lipinski definition) is 2. The molecule has 72 valence electrons. The first-order valence-electron chi connectivity index (χ1n) is 4.65. The van der Waals surface area contributed by atoms with Crippen LogP contribution in [0.15, 0.2) is 11.4 Å². The molecule has 1 saturated carbocycles. The van der Waals surface area contributed by atoms with Crippen LogP contribution in [0.2, 0.25) is 0 Å². The van der Waals surface area contributed by atoms with E-state index in [0.717, 1.165) is 6.54 Å². The highest BCUT2D eigenvalue weighted by atomic mass is 32.1. The molecular formula is C10H15NOS. The van der Waals surface area contributed by atoms with Gasteiger partial charge in [-0.15, -0.1) is 11.3 Å². The summed E-state index contributed by atoms with van der Waals surface area (Å²) in [5.41, 5.74) is 1.51. The lowest BCUT2D eigenvalue weighted by Crippen LogP contribution is -2.18. The summed E-state index contributed by atoms with van der Waals surface area (Å²) in [7, 11) is 0. The van der Waals surface area contributed by atoms with Gasteiger partial charge in [0.1, 0.15) is 0 Å². The number of hydrogen-bond acceptors (Lipinski definition) is 3. The Morgan fingerprint density at radius 3 is 2.85 bits per heavy atom. The van der Waals surface area contributed by atoms with Crippen LogP contribution in [0.1, 0.15) is 18.4 Å². The fourth-order valence-corrected chi connectivity index (χ4v) is 2.21. The number of thiophene rings is 1. The Labute approximate surface area is 82.6 Å². The van der Waals surface area contributed by atoms with E-state index in [9.17, 15) is 0 Å². The van der Waals surface area contributed by atoms with Gasteiger partial charge < -0.3 is 10.4 Å². The average molecular weight is 197 g/mol. The Hall–Kier alpha value is -0.540. The van der Waals surface area contributed by atoms with E-state index in [-0.39, 0.29) is 5.41 Å². The molecule has 2 nitrogen and oxygen atoms in total. The van der Waals surface area contributed by atoms with E-state index in [1.54, 1.807) is 11.3 Å². The third-order valence-electron chi connectivity index (χ3n) is 2.78. The van der Waals surface area contributed by atoms with Crippen molar-refractivity contribution in [1.29, 1.82) is 0 Å². The number of anilines is 1. The first-order chi connectivity index (χ1) is 6.26. The molecule has 0 spiro atoms. The summed E-state index contributed by atoms with van der Waals surface area (Å²) in [5, 5.41) is 15.9.